The molecule has 27 heavy (non-hydrogen) atoms. The van der Waals surface area contributed by atoms with Crippen LogP contribution in [-0.4, -0.2) is 137 Å². The van der Waals surface area contributed by atoms with E-state index in [2.05, 4.69) is 9.47 Å². The first-order chi connectivity index (χ1) is 11.9. The van der Waals surface area contributed by atoms with Crippen molar-refractivity contribution < 1.29 is 70.1 Å². The van der Waals surface area contributed by atoms with E-state index in [0.29, 0.717) is 0 Å². The molecule has 0 radical (unpaired) electrons. The first-order valence-electron chi connectivity index (χ1n) is 7.07. The van der Waals surface area contributed by atoms with E-state index in [4.69, 9.17) is 40.9 Å². The van der Waals surface area contributed by atoms with Gasteiger partial charge in [0, 0.05) is 0 Å². The fraction of sp³-hybridized carbons (Fsp3) is 0.833. The maximum Gasteiger partial charge on any atom is 2.00 e. The van der Waals surface area contributed by atoms with Crippen LogP contribution in [0.15, 0.2) is 0 Å². The minimum Gasteiger partial charge on any atom is -0.848 e. The summed E-state index contributed by atoms with van der Waals surface area (Å²) in [5.74, 6) is -3.34. The SMILES string of the molecule is O=C(O)[C@H]1O[C@H](O)[C@H](O)[C@@H](O)[C@H]1[O-].O=C([O-])[C@H]1O[C@H](O)[C@H](O)[C@@H](O)[C@H]1O.[Mg+2]. The molecule has 14 nitrogen and oxygen atoms in total. The van der Waals surface area contributed by atoms with Gasteiger partial charge in [0.15, 0.2) is 12.6 Å². The van der Waals surface area contributed by atoms with Gasteiger partial charge >= 0.3 is 29.0 Å². The monoisotopic (exact) mass is 410 g/mol. The fourth-order valence-electron chi connectivity index (χ4n) is 2.10. The maximum atomic E-state index is 11.0. The van der Waals surface area contributed by atoms with Crippen molar-refractivity contribution in [2.24, 2.45) is 0 Å². The van der Waals surface area contributed by atoms with Crippen molar-refractivity contribution in [3.8, 4) is 0 Å². The van der Waals surface area contributed by atoms with Crippen LogP contribution in [-0.2, 0) is 19.1 Å². The zero-order valence-electron chi connectivity index (χ0n) is 13.5. The number of aliphatic hydroxyl groups is 7. The van der Waals surface area contributed by atoms with Crippen molar-refractivity contribution in [1.82, 2.24) is 0 Å². The van der Waals surface area contributed by atoms with Crippen molar-refractivity contribution in [3.05, 3.63) is 0 Å². The van der Waals surface area contributed by atoms with Gasteiger partial charge in [-0.05, 0) is 0 Å². The van der Waals surface area contributed by atoms with Crippen LogP contribution in [0.25, 0.3) is 0 Å². The molecule has 2 saturated heterocycles. The van der Waals surface area contributed by atoms with Gasteiger partial charge in [0.1, 0.15) is 36.6 Å². The minimum atomic E-state index is -2.00. The zero-order valence-corrected chi connectivity index (χ0v) is 14.9. The normalized spacial score (nSPS) is 44.3. The number of aliphatic carboxylic acids is 2. The van der Waals surface area contributed by atoms with Crippen LogP contribution in [0.2, 0.25) is 0 Å². The van der Waals surface area contributed by atoms with Gasteiger partial charge in [-0.1, -0.05) is 6.10 Å². The fourth-order valence-corrected chi connectivity index (χ4v) is 2.10. The quantitative estimate of drug-likeness (QED) is 0.196. The first-order valence-corrected chi connectivity index (χ1v) is 7.07. The van der Waals surface area contributed by atoms with Crippen LogP contribution in [0.5, 0.6) is 0 Å². The maximum absolute atomic E-state index is 11.0. The van der Waals surface area contributed by atoms with E-state index in [1.54, 1.807) is 0 Å². The number of rotatable bonds is 2. The second-order valence-electron chi connectivity index (χ2n) is 5.47. The molecule has 10 atom stereocenters. The molecule has 2 aliphatic rings. The van der Waals surface area contributed by atoms with Crippen molar-refractivity contribution in [2.75, 3.05) is 0 Å². The van der Waals surface area contributed by atoms with E-state index in [1.165, 1.54) is 0 Å². The summed E-state index contributed by atoms with van der Waals surface area (Å²) in [5.41, 5.74) is 0. The number of carbonyl (C=O) groups excluding carboxylic acids is 1. The summed E-state index contributed by atoms with van der Waals surface area (Å²) in [6.45, 7) is 0. The van der Waals surface area contributed by atoms with Gasteiger partial charge in [0.2, 0.25) is 0 Å². The third-order valence-corrected chi connectivity index (χ3v) is 3.63. The molecule has 2 heterocycles. The molecule has 0 amide bonds. The summed E-state index contributed by atoms with van der Waals surface area (Å²) in [5, 5.41) is 92.2. The summed E-state index contributed by atoms with van der Waals surface area (Å²) >= 11 is 0. The molecule has 0 unspecified atom stereocenters. The summed E-state index contributed by atoms with van der Waals surface area (Å²) in [6, 6.07) is 0. The molecular weight excluding hydrogens is 392 g/mol. The van der Waals surface area contributed by atoms with Crippen LogP contribution in [0.3, 0.4) is 0 Å². The average Bonchev–Trinajstić information content (AvgIpc) is 2.57. The summed E-state index contributed by atoms with van der Waals surface area (Å²) in [4.78, 5) is 20.6. The molecule has 0 spiro atoms. The van der Waals surface area contributed by atoms with Gasteiger partial charge in [-0.3, -0.25) is 0 Å². The van der Waals surface area contributed by atoms with Crippen LogP contribution in [0.1, 0.15) is 0 Å². The molecule has 152 valence electrons. The van der Waals surface area contributed by atoms with Gasteiger partial charge in [-0.2, -0.15) is 0 Å². The van der Waals surface area contributed by atoms with Crippen LogP contribution in [0, 0.1) is 0 Å². The summed E-state index contributed by atoms with van der Waals surface area (Å²) < 4.78 is 8.55. The largest absolute Gasteiger partial charge is 2.00 e. The Morgan fingerprint density at radius 3 is 1.52 bits per heavy atom. The predicted molar refractivity (Wildman–Crippen MR) is 74.0 cm³/mol. The first kappa shape index (κ1) is 26.3. The second kappa shape index (κ2) is 10.7. The molecule has 0 aromatic heterocycles. The Bertz CT molecular complexity index is 460. The number of carboxylic acid groups (broad SMARTS) is 2. The smallest absolute Gasteiger partial charge is 0.848 e. The van der Waals surface area contributed by atoms with Crippen LogP contribution in [0.4, 0.5) is 0 Å². The average molecular weight is 411 g/mol. The molecule has 0 aromatic carbocycles. The molecule has 0 aromatic rings. The molecule has 0 saturated carbocycles. The van der Waals surface area contributed by atoms with Crippen molar-refractivity contribution >= 4 is 35.0 Å². The van der Waals surface area contributed by atoms with Gasteiger partial charge in [-0.25, -0.2) is 4.79 Å². The molecule has 0 bridgehead atoms. The van der Waals surface area contributed by atoms with Gasteiger partial charge in [0.25, 0.3) is 0 Å². The Morgan fingerprint density at radius 1 is 0.704 bits per heavy atom. The number of carbonyl (C=O) groups is 2. The van der Waals surface area contributed by atoms with Gasteiger partial charge < -0.3 is 65.3 Å². The molecular formula is C12H18MgO14. The second-order valence-corrected chi connectivity index (χ2v) is 5.47. The number of hydrogen-bond acceptors (Lipinski definition) is 13. The van der Waals surface area contributed by atoms with Crippen LogP contribution < -0.4 is 10.2 Å². The third kappa shape index (κ3) is 6.14. The van der Waals surface area contributed by atoms with E-state index in [0.717, 1.165) is 0 Å². The number of ether oxygens (including phenoxy) is 2. The van der Waals surface area contributed by atoms with E-state index < -0.39 is 73.4 Å². The number of hydrogen-bond donors (Lipinski definition) is 8. The Balaban J connectivity index is 0.000000483. The van der Waals surface area contributed by atoms with E-state index in [-0.39, 0.29) is 23.1 Å². The molecule has 8 N–H and O–H groups in total. The Morgan fingerprint density at radius 2 is 1.11 bits per heavy atom. The topological polar surface area (TPSA) is 261 Å². The summed E-state index contributed by atoms with van der Waals surface area (Å²) in [6.07, 6.45) is -18.3. The Labute approximate surface area is 167 Å². The molecule has 2 fully saturated rings. The van der Waals surface area contributed by atoms with Crippen LogP contribution >= 0.6 is 0 Å². The minimum absolute atomic E-state index is 0. The van der Waals surface area contributed by atoms with E-state index in [9.17, 15) is 19.8 Å². The van der Waals surface area contributed by atoms with E-state index in [1.807, 2.05) is 0 Å². The summed E-state index contributed by atoms with van der Waals surface area (Å²) in [7, 11) is 0. The molecule has 0 aliphatic carbocycles. The number of carboxylic acids is 2. The number of aliphatic hydroxyl groups excluding tert-OH is 7. The Kier molecular flexibility index (Phi) is 10.5. The molecule has 2 rings (SSSR count). The molecule has 15 heteroatoms. The predicted octanol–water partition coefficient (Wildman–Crippen LogP) is -8.61. The molecule has 2 aliphatic heterocycles. The van der Waals surface area contributed by atoms with Crippen molar-refractivity contribution in [2.45, 2.75) is 61.4 Å². The van der Waals surface area contributed by atoms with E-state index >= 15 is 0 Å². The standard InChI is InChI=1S/C6H10O7.C6H9O7.Mg/c2*7-1-2(8)4(5(10)11)13-6(12)3(1)9;/h1-4,6-9,12H,(H,10,11);1-4,6-7,9,12H,(H,10,11);/q;-1;+2/p-1/t2*1-,2+,3+,4-,6-;/m00./s1. The van der Waals surface area contributed by atoms with Gasteiger partial charge in [0.05, 0.1) is 12.1 Å². The zero-order chi connectivity index (χ0) is 20.3. The third-order valence-electron chi connectivity index (χ3n) is 3.63. The Hall–Kier alpha value is -0.694. The van der Waals surface area contributed by atoms with Crippen molar-refractivity contribution in [3.63, 3.8) is 0 Å². The van der Waals surface area contributed by atoms with Gasteiger partial charge in [-0.15, -0.1) is 0 Å². The van der Waals surface area contributed by atoms with Crippen molar-refractivity contribution in [1.29, 1.82) is 0 Å².